The van der Waals surface area contributed by atoms with E-state index >= 15 is 0 Å². The minimum absolute atomic E-state index is 0.00607. The lowest BCUT2D eigenvalue weighted by Gasteiger charge is -2.16. The molecule has 0 aliphatic rings. The maximum absolute atomic E-state index is 12.4. The van der Waals surface area contributed by atoms with E-state index in [2.05, 4.69) is 32.7 Å². The highest BCUT2D eigenvalue weighted by molar-refractivity contribution is 6.34. The lowest BCUT2D eigenvalue weighted by Crippen LogP contribution is -2.38. The van der Waals surface area contributed by atoms with Gasteiger partial charge >= 0.3 is 0 Å². The van der Waals surface area contributed by atoms with E-state index in [-0.39, 0.29) is 5.91 Å². The highest BCUT2D eigenvalue weighted by atomic mass is 35.5. The molecule has 2 aromatic rings. The quantitative estimate of drug-likeness (QED) is 0.0972. The van der Waals surface area contributed by atoms with Crippen LogP contribution in [0, 0.1) is 6.92 Å². The zero-order valence-electron chi connectivity index (χ0n) is 24.3. The smallest absolute Gasteiger partial charge is 0.249 e. The van der Waals surface area contributed by atoms with Gasteiger partial charge in [-0.15, -0.1) is 5.10 Å². The lowest BCUT2D eigenvalue weighted by atomic mass is 10.0. The number of aromatic amines is 1. The Hall–Kier alpha value is -1.64. The summed E-state index contributed by atoms with van der Waals surface area (Å²) in [6, 6.07) is 0. The molecule has 0 saturated carbocycles. The number of carbonyl (C=O) groups is 1. The second-order valence-corrected chi connectivity index (χ2v) is 10.9. The Morgan fingerprint density at radius 3 is 2.11 bits per heavy atom. The molecule has 2 aromatic heterocycles. The number of nitrogens with zero attached hydrogens (tertiary/aromatic N) is 3. The fourth-order valence-corrected chi connectivity index (χ4v) is 4.85. The van der Waals surface area contributed by atoms with Crippen LogP contribution in [-0.4, -0.2) is 51.6 Å². The Morgan fingerprint density at radius 2 is 1.53 bits per heavy atom. The largest absolute Gasteiger partial charge is 0.354 e. The van der Waals surface area contributed by atoms with Crippen molar-refractivity contribution in [3.8, 4) is 0 Å². The topological polar surface area (TPSA) is 96.3 Å². The van der Waals surface area contributed by atoms with E-state index < -0.39 is 6.10 Å². The summed E-state index contributed by atoms with van der Waals surface area (Å²) in [5.41, 5.74) is 1.53. The summed E-state index contributed by atoms with van der Waals surface area (Å²) >= 11 is 6.21. The van der Waals surface area contributed by atoms with Crippen LogP contribution in [0.3, 0.4) is 0 Å². The van der Waals surface area contributed by atoms with Crippen molar-refractivity contribution in [3.63, 3.8) is 0 Å². The summed E-state index contributed by atoms with van der Waals surface area (Å²) in [5.74, 6) is 0.753. The first-order chi connectivity index (χ1) is 18.6. The van der Waals surface area contributed by atoms with Crippen LogP contribution >= 0.6 is 11.6 Å². The standard InChI is InChI=1S/C29H53ClN6O2/c1-4-6-7-8-9-10-11-12-13-14-15-16-17-18-22-32-29(37)25(5-2)38-23-31-21-19-20-26-33-28-27(30)24(3)34-36(28)35-26/h25,31,34H,4-23H2,1-3H3,(H,32,37). The number of carbonyl (C=O) groups excluding carboxylic acids is 1. The fourth-order valence-electron chi connectivity index (χ4n) is 4.68. The lowest BCUT2D eigenvalue weighted by molar-refractivity contribution is -0.133. The van der Waals surface area contributed by atoms with Crippen LogP contribution in [0.25, 0.3) is 5.65 Å². The first kappa shape index (κ1) is 32.6. The molecule has 0 aromatic carbocycles. The van der Waals surface area contributed by atoms with Gasteiger partial charge in [-0.25, -0.2) is 4.98 Å². The number of H-pyrrole nitrogens is 1. The monoisotopic (exact) mass is 552 g/mol. The Morgan fingerprint density at radius 1 is 0.921 bits per heavy atom. The summed E-state index contributed by atoms with van der Waals surface area (Å²) in [6.45, 7) is 8.00. The van der Waals surface area contributed by atoms with Gasteiger partial charge in [0.2, 0.25) is 5.91 Å². The van der Waals surface area contributed by atoms with E-state index in [1.807, 2.05) is 13.8 Å². The number of amides is 1. The average molecular weight is 553 g/mol. The second kappa shape index (κ2) is 20.3. The molecule has 2 heterocycles. The van der Waals surface area contributed by atoms with Crippen molar-refractivity contribution in [2.45, 2.75) is 136 Å². The summed E-state index contributed by atoms with van der Waals surface area (Å²) in [5, 5.41) is 14.4. The maximum atomic E-state index is 12.4. The van der Waals surface area contributed by atoms with Gasteiger partial charge < -0.3 is 10.1 Å². The fraction of sp³-hybridized carbons (Fsp3) is 0.828. The molecule has 0 radical (unpaired) electrons. The number of unbranched alkanes of at least 4 members (excludes halogenated alkanes) is 13. The first-order valence-electron chi connectivity index (χ1n) is 15.3. The van der Waals surface area contributed by atoms with E-state index in [4.69, 9.17) is 16.3 Å². The molecule has 1 amide bonds. The van der Waals surface area contributed by atoms with Crippen molar-refractivity contribution < 1.29 is 9.53 Å². The molecular formula is C29H53ClN6O2. The van der Waals surface area contributed by atoms with Gasteiger partial charge in [0, 0.05) is 13.0 Å². The second-order valence-electron chi connectivity index (χ2n) is 10.5. The van der Waals surface area contributed by atoms with Gasteiger partial charge in [-0.05, 0) is 32.7 Å². The number of aryl methyl sites for hydroxylation is 2. The van der Waals surface area contributed by atoms with E-state index in [0.717, 1.165) is 43.9 Å². The van der Waals surface area contributed by atoms with Crippen molar-refractivity contribution in [2.24, 2.45) is 0 Å². The molecule has 9 heteroatoms. The van der Waals surface area contributed by atoms with Gasteiger partial charge in [0.05, 0.1) is 12.4 Å². The van der Waals surface area contributed by atoms with Crippen molar-refractivity contribution in [2.75, 3.05) is 19.8 Å². The van der Waals surface area contributed by atoms with Gasteiger partial charge in [-0.2, -0.15) is 4.63 Å². The normalized spacial score (nSPS) is 12.4. The molecule has 1 unspecified atom stereocenters. The molecular weight excluding hydrogens is 500 g/mol. The molecule has 1 atom stereocenters. The number of hydrogen-bond acceptors (Lipinski definition) is 5. The third kappa shape index (κ3) is 12.9. The van der Waals surface area contributed by atoms with Crippen LogP contribution in [0.4, 0.5) is 0 Å². The predicted octanol–water partition coefficient (Wildman–Crippen LogP) is 6.89. The summed E-state index contributed by atoms with van der Waals surface area (Å²) < 4.78 is 7.38. The highest BCUT2D eigenvalue weighted by Crippen LogP contribution is 2.19. The van der Waals surface area contributed by atoms with Gasteiger partial charge in [-0.3, -0.25) is 15.2 Å². The van der Waals surface area contributed by atoms with Crippen LogP contribution < -0.4 is 10.6 Å². The number of rotatable bonds is 24. The van der Waals surface area contributed by atoms with Crippen molar-refractivity contribution in [1.29, 1.82) is 0 Å². The molecule has 0 fully saturated rings. The Kier molecular flexibility index (Phi) is 17.4. The number of ether oxygens (including phenoxy) is 1. The molecule has 8 nitrogen and oxygen atoms in total. The van der Waals surface area contributed by atoms with E-state index in [1.54, 1.807) is 4.63 Å². The van der Waals surface area contributed by atoms with Gasteiger partial charge in [0.1, 0.15) is 11.1 Å². The average Bonchev–Trinajstić information content (AvgIpc) is 3.43. The summed E-state index contributed by atoms with van der Waals surface area (Å²) in [7, 11) is 0. The third-order valence-electron chi connectivity index (χ3n) is 7.08. The van der Waals surface area contributed by atoms with E-state index in [1.165, 1.54) is 83.5 Å². The Bertz CT molecular complexity index is 884. The molecule has 0 aliphatic carbocycles. The van der Waals surface area contributed by atoms with Gasteiger partial charge in [-0.1, -0.05) is 109 Å². The molecule has 38 heavy (non-hydrogen) atoms. The number of aromatic nitrogens is 4. The molecule has 0 spiro atoms. The van der Waals surface area contributed by atoms with Crippen molar-refractivity contribution in [3.05, 3.63) is 16.5 Å². The van der Waals surface area contributed by atoms with Crippen LogP contribution in [-0.2, 0) is 16.0 Å². The number of nitrogens with one attached hydrogen (secondary N) is 3. The highest BCUT2D eigenvalue weighted by Gasteiger charge is 2.16. The zero-order chi connectivity index (χ0) is 27.4. The van der Waals surface area contributed by atoms with Gasteiger partial charge in [0.25, 0.3) is 0 Å². The number of hydrogen-bond donors (Lipinski definition) is 3. The van der Waals surface area contributed by atoms with Crippen LogP contribution in [0.2, 0.25) is 5.02 Å². The van der Waals surface area contributed by atoms with Crippen molar-refractivity contribution >= 4 is 23.2 Å². The Balaban J connectivity index is 1.39. The molecule has 2 rings (SSSR count). The molecule has 0 bridgehead atoms. The Labute approximate surface area is 235 Å². The zero-order valence-corrected chi connectivity index (χ0v) is 25.0. The molecule has 218 valence electrons. The predicted molar refractivity (Wildman–Crippen MR) is 157 cm³/mol. The summed E-state index contributed by atoms with van der Waals surface area (Å²) in [4.78, 5) is 16.9. The minimum Gasteiger partial charge on any atom is -0.354 e. The molecule has 0 aliphatic heterocycles. The molecule has 0 saturated heterocycles. The summed E-state index contributed by atoms with van der Waals surface area (Å²) in [6.07, 6.45) is 20.6. The molecule has 3 N–H and O–H groups in total. The number of fused-ring (bicyclic) bond motifs is 1. The van der Waals surface area contributed by atoms with Crippen molar-refractivity contribution in [1.82, 2.24) is 30.4 Å². The van der Waals surface area contributed by atoms with E-state index in [9.17, 15) is 4.79 Å². The third-order valence-corrected chi connectivity index (χ3v) is 7.54. The minimum atomic E-state index is -0.407. The number of halogens is 1. The van der Waals surface area contributed by atoms with Gasteiger partial charge in [0.15, 0.2) is 11.5 Å². The first-order valence-corrected chi connectivity index (χ1v) is 15.6. The van der Waals surface area contributed by atoms with Crippen LogP contribution in [0.15, 0.2) is 0 Å². The van der Waals surface area contributed by atoms with Crippen LogP contribution in [0.5, 0.6) is 0 Å². The maximum Gasteiger partial charge on any atom is 0.249 e. The van der Waals surface area contributed by atoms with E-state index in [0.29, 0.717) is 23.8 Å². The SMILES string of the molecule is CCCCCCCCCCCCCCCCNC(=O)C(CC)OCNCCCc1nc2c(Cl)c(C)[nH]n2n1. The van der Waals surface area contributed by atoms with Crippen LogP contribution in [0.1, 0.15) is 128 Å².